The van der Waals surface area contributed by atoms with Crippen LogP contribution in [0.15, 0.2) is 24.3 Å². The van der Waals surface area contributed by atoms with Crippen LogP contribution in [0.1, 0.15) is 54.5 Å². The van der Waals surface area contributed by atoms with E-state index in [1.54, 1.807) is 4.68 Å². The van der Waals surface area contributed by atoms with Crippen LogP contribution < -0.4 is 10.1 Å². The normalized spacial score (nSPS) is 20.6. The van der Waals surface area contributed by atoms with Crippen LogP contribution in [-0.2, 0) is 14.6 Å². The van der Waals surface area contributed by atoms with Gasteiger partial charge in [-0.2, -0.15) is 5.10 Å². The van der Waals surface area contributed by atoms with E-state index in [2.05, 4.69) is 16.5 Å². The summed E-state index contributed by atoms with van der Waals surface area (Å²) in [6.07, 6.45) is 2.93. The molecule has 8 heteroatoms. The first-order valence-corrected chi connectivity index (χ1v) is 11.9. The fourth-order valence-corrected chi connectivity index (χ4v) is 5.51. The topological polar surface area (TPSA) is 90.3 Å². The summed E-state index contributed by atoms with van der Waals surface area (Å²) in [5.74, 6) is 1.86. The molecule has 1 aromatic heterocycles. The summed E-state index contributed by atoms with van der Waals surface area (Å²) in [5, 5.41) is 7.54. The van der Waals surface area contributed by atoms with Crippen molar-refractivity contribution >= 4 is 21.6 Å². The standard InChI is InChI=1S/C21H27N3O4S/c1-14-9-15(2)11-18(10-14)28-7-5-21(25)22-20-12-19(16-3-4-16)23-24(20)17-6-8-29(26,27)13-17/h9-12,16-17H,3-8,13H2,1-2H3,(H,22,25). The van der Waals surface area contributed by atoms with Crippen molar-refractivity contribution in [1.82, 2.24) is 9.78 Å². The van der Waals surface area contributed by atoms with Gasteiger partial charge in [0.1, 0.15) is 11.6 Å². The number of ether oxygens (including phenoxy) is 1. The highest BCUT2D eigenvalue weighted by Gasteiger charge is 2.34. The fraction of sp³-hybridized carbons (Fsp3) is 0.524. The van der Waals surface area contributed by atoms with Gasteiger partial charge in [0.15, 0.2) is 9.84 Å². The molecular formula is C21H27N3O4S. The molecule has 1 saturated carbocycles. The predicted molar refractivity (Wildman–Crippen MR) is 111 cm³/mol. The van der Waals surface area contributed by atoms with Crippen LogP contribution in [0.4, 0.5) is 5.82 Å². The number of aryl methyl sites for hydroxylation is 2. The third-order valence-corrected chi connectivity index (χ3v) is 7.12. The molecule has 1 atom stereocenters. The van der Waals surface area contributed by atoms with E-state index in [4.69, 9.17) is 4.74 Å². The van der Waals surface area contributed by atoms with E-state index in [9.17, 15) is 13.2 Å². The summed E-state index contributed by atoms with van der Waals surface area (Å²) >= 11 is 0. The largest absolute Gasteiger partial charge is 0.493 e. The summed E-state index contributed by atoms with van der Waals surface area (Å²) in [4.78, 5) is 12.5. The average Bonchev–Trinajstić information content (AvgIpc) is 3.29. The van der Waals surface area contributed by atoms with Gasteiger partial charge in [0, 0.05) is 12.0 Å². The molecule has 2 heterocycles. The second kappa shape index (κ2) is 7.82. The lowest BCUT2D eigenvalue weighted by Crippen LogP contribution is -2.20. The molecule has 1 aliphatic heterocycles. The highest BCUT2D eigenvalue weighted by Crippen LogP contribution is 2.41. The number of nitrogens with zero attached hydrogens (tertiary/aromatic N) is 2. The molecule has 156 valence electrons. The number of hydrogen-bond donors (Lipinski definition) is 1. The molecular weight excluding hydrogens is 390 g/mol. The van der Waals surface area contributed by atoms with Crippen LogP contribution in [0, 0.1) is 13.8 Å². The summed E-state index contributed by atoms with van der Waals surface area (Å²) in [6, 6.07) is 7.65. The Morgan fingerprint density at radius 3 is 2.52 bits per heavy atom. The zero-order valence-corrected chi connectivity index (χ0v) is 17.7. The molecule has 4 rings (SSSR count). The number of carbonyl (C=O) groups excluding carboxylic acids is 1. The molecule has 1 aromatic carbocycles. The Balaban J connectivity index is 1.39. The van der Waals surface area contributed by atoms with Gasteiger partial charge in [-0.15, -0.1) is 0 Å². The lowest BCUT2D eigenvalue weighted by atomic mass is 10.1. The van der Waals surface area contributed by atoms with E-state index in [1.807, 2.05) is 32.0 Å². The quantitative estimate of drug-likeness (QED) is 0.747. The first kappa shape index (κ1) is 19.9. The number of hydrogen-bond acceptors (Lipinski definition) is 5. The Hall–Kier alpha value is -2.35. The highest BCUT2D eigenvalue weighted by atomic mass is 32.2. The van der Waals surface area contributed by atoms with Crippen molar-refractivity contribution in [3.63, 3.8) is 0 Å². The van der Waals surface area contributed by atoms with Crippen molar-refractivity contribution in [2.75, 3.05) is 23.4 Å². The van der Waals surface area contributed by atoms with Crippen molar-refractivity contribution in [3.8, 4) is 5.75 Å². The molecule has 0 spiro atoms. The molecule has 7 nitrogen and oxygen atoms in total. The smallest absolute Gasteiger partial charge is 0.228 e. The molecule has 2 fully saturated rings. The predicted octanol–water partition coefficient (Wildman–Crippen LogP) is 3.14. The molecule has 0 radical (unpaired) electrons. The second-order valence-electron chi connectivity index (χ2n) is 8.20. The van der Waals surface area contributed by atoms with E-state index in [1.165, 1.54) is 0 Å². The summed E-state index contributed by atoms with van der Waals surface area (Å²) < 4.78 is 31.2. The van der Waals surface area contributed by atoms with Gasteiger partial charge < -0.3 is 10.1 Å². The Kier molecular flexibility index (Phi) is 5.38. The van der Waals surface area contributed by atoms with Crippen molar-refractivity contribution in [2.24, 2.45) is 0 Å². The minimum atomic E-state index is -3.03. The Labute approximate surface area is 171 Å². The number of aromatic nitrogens is 2. The molecule has 1 N–H and O–H groups in total. The van der Waals surface area contributed by atoms with Crippen LogP contribution in [0.3, 0.4) is 0 Å². The monoisotopic (exact) mass is 417 g/mol. The van der Waals surface area contributed by atoms with Gasteiger partial charge >= 0.3 is 0 Å². The van der Waals surface area contributed by atoms with Crippen molar-refractivity contribution < 1.29 is 17.9 Å². The van der Waals surface area contributed by atoms with Gasteiger partial charge in [-0.3, -0.25) is 4.79 Å². The van der Waals surface area contributed by atoms with Crippen LogP contribution in [0.25, 0.3) is 0 Å². The Bertz CT molecular complexity index is 1000. The average molecular weight is 418 g/mol. The van der Waals surface area contributed by atoms with Gasteiger partial charge in [-0.1, -0.05) is 6.07 Å². The molecule has 29 heavy (non-hydrogen) atoms. The lowest BCUT2D eigenvalue weighted by Gasteiger charge is -2.14. The van der Waals surface area contributed by atoms with E-state index in [-0.39, 0.29) is 36.5 Å². The number of amides is 1. The Morgan fingerprint density at radius 2 is 1.90 bits per heavy atom. The van der Waals surface area contributed by atoms with Crippen LogP contribution in [0.5, 0.6) is 5.75 Å². The van der Waals surface area contributed by atoms with Crippen molar-refractivity contribution in [2.45, 2.75) is 51.5 Å². The maximum atomic E-state index is 12.5. The number of benzene rings is 1. The first-order valence-electron chi connectivity index (χ1n) is 10.1. The summed E-state index contributed by atoms with van der Waals surface area (Å²) in [5.41, 5.74) is 3.18. The summed E-state index contributed by atoms with van der Waals surface area (Å²) in [7, 11) is -3.03. The zero-order chi connectivity index (χ0) is 20.6. The van der Waals surface area contributed by atoms with Gasteiger partial charge in [0.2, 0.25) is 5.91 Å². The number of carbonyl (C=O) groups is 1. The van der Waals surface area contributed by atoms with Crippen LogP contribution in [-0.4, -0.2) is 42.2 Å². The van der Waals surface area contributed by atoms with Gasteiger partial charge in [-0.25, -0.2) is 13.1 Å². The van der Waals surface area contributed by atoms with E-state index in [0.717, 1.165) is 35.4 Å². The maximum absolute atomic E-state index is 12.5. The zero-order valence-electron chi connectivity index (χ0n) is 16.8. The SMILES string of the molecule is Cc1cc(C)cc(OCCC(=O)Nc2cc(C3CC3)nn2C2CCS(=O)(=O)C2)c1. The molecule has 1 saturated heterocycles. The number of anilines is 1. The highest BCUT2D eigenvalue weighted by molar-refractivity contribution is 7.91. The molecule has 0 bridgehead atoms. The van der Waals surface area contributed by atoms with Crippen molar-refractivity contribution in [1.29, 1.82) is 0 Å². The molecule has 2 aliphatic rings. The molecule has 1 amide bonds. The van der Waals surface area contributed by atoms with E-state index in [0.29, 0.717) is 18.2 Å². The number of nitrogens with one attached hydrogen (secondary N) is 1. The van der Waals surface area contributed by atoms with E-state index >= 15 is 0 Å². The maximum Gasteiger partial charge on any atom is 0.228 e. The minimum absolute atomic E-state index is 0.0808. The molecule has 2 aromatic rings. The minimum Gasteiger partial charge on any atom is -0.493 e. The Morgan fingerprint density at radius 1 is 1.17 bits per heavy atom. The van der Waals surface area contributed by atoms with Gasteiger partial charge in [0.05, 0.1) is 36.3 Å². The van der Waals surface area contributed by atoms with Gasteiger partial charge in [-0.05, 0) is 56.4 Å². The first-order chi connectivity index (χ1) is 13.8. The lowest BCUT2D eigenvalue weighted by molar-refractivity contribution is -0.116. The number of sulfone groups is 1. The third-order valence-electron chi connectivity index (χ3n) is 5.37. The van der Waals surface area contributed by atoms with Crippen molar-refractivity contribution in [3.05, 3.63) is 41.1 Å². The third kappa shape index (κ3) is 4.98. The van der Waals surface area contributed by atoms with Crippen LogP contribution in [0.2, 0.25) is 0 Å². The molecule has 1 unspecified atom stereocenters. The number of rotatable bonds is 7. The molecule has 1 aliphatic carbocycles. The second-order valence-corrected chi connectivity index (χ2v) is 10.4. The summed E-state index contributed by atoms with van der Waals surface area (Å²) in [6.45, 7) is 4.29. The van der Waals surface area contributed by atoms with Gasteiger partial charge in [0.25, 0.3) is 0 Å². The van der Waals surface area contributed by atoms with E-state index < -0.39 is 9.84 Å². The fourth-order valence-electron chi connectivity index (χ4n) is 3.82. The van der Waals surface area contributed by atoms with Crippen LogP contribution >= 0.6 is 0 Å².